The molecule has 1 aliphatic heterocycles. The topological polar surface area (TPSA) is 75.7 Å². The molecule has 0 aromatic rings. The highest BCUT2D eigenvalue weighted by Crippen LogP contribution is 2.25. The Kier molecular flexibility index (Phi) is 26.3. The number of carbonyl (C=O) groups is 2. The van der Waals surface area contributed by atoms with Gasteiger partial charge >= 0.3 is 0 Å². The van der Waals surface area contributed by atoms with Gasteiger partial charge in [-0.05, 0) is 19.9 Å². The molecule has 22 heavy (non-hydrogen) atoms. The van der Waals surface area contributed by atoms with Crippen molar-refractivity contribution in [3.05, 3.63) is 0 Å². The molecule has 1 atom stereocenters. The first kappa shape index (κ1) is 25.9. The van der Waals surface area contributed by atoms with E-state index in [0.717, 1.165) is 19.4 Å². The molecule has 0 spiro atoms. The van der Waals surface area contributed by atoms with Crippen molar-refractivity contribution in [3.63, 3.8) is 0 Å². The predicted octanol–water partition coefficient (Wildman–Crippen LogP) is 3.07. The minimum atomic E-state index is -0.0779. The highest BCUT2D eigenvalue weighted by molar-refractivity contribution is 7.24. The Morgan fingerprint density at radius 1 is 1.36 bits per heavy atom. The van der Waals surface area contributed by atoms with Gasteiger partial charge in [0, 0.05) is 6.54 Å². The molecule has 1 fully saturated rings. The van der Waals surface area contributed by atoms with Crippen LogP contribution >= 0.6 is 8.46 Å². The summed E-state index contributed by atoms with van der Waals surface area (Å²) in [5.74, 6) is -0.0331. The zero-order chi connectivity index (χ0) is 17.8. The molecule has 0 unspecified atom stereocenters. The summed E-state index contributed by atoms with van der Waals surface area (Å²) in [5, 5.41) is 2.79. The second-order valence-corrected chi connectivity index (χ2v) is 4.98. The first-order chi connectivity index (χ1) is 10.6. The molecule has 1 saturated heterocycles. The first-order valence-electron chi connectivity index (χ1n) is 7.85. The molecule has 1 rings (SSSR count). The van der Waals surface area contributed by atoms with E-state index in [-0.39, 0.29) is 20.2 Å². The number of unbranched alkanes of at least 4 members (excludes halogenated alkanes) is 1. The Hall–Kier alpha value is -1.00. The smallest absolute Gasteiger partial charge is 0.292 e. The summed E-state index contributed by atoms with van der Waals surface area (Å²) in [6.07, 6.45) is 4.47. The van der Waals surface area contributed by atoms with Gasteiger partial charge in [0.1, 0.15) is 5.78 Å². The lowest BCUT2D eigenvalue weighted by molar-refractivity contribution is -0.129. The van der Waals surface area contributed by atoms with Crippen molar-refractivity contribution in [2.75, 3.05) is 27.2 Å². The minimum Gasteiger partial charge on any atom is -0.471 e. The molecule has 132 valence electrons. The van der Waals surface area contributed by atoms with Crippen LogP contribution in [0.1, 0.15) is 53.4 Å². The summed E-state index contributed by atoms with van der Waals surface area (Å²) in [6.45, 7) is 9.83. The Bertz CT molecular complexity index is 264. The van der Waals surface area contributed by atoms with Gasteiger partial charge in [-0.3, -0.25) is 14.2 Å². The van der Waals surface area contributed by atoms with E-state index >= 15 is 0 Å². The zero-order valence-electron chi connectivity index (χ0n) is 14.9. The Labute approximate surface area is 137 Å². The number of nitrogens with one attached hydrogen (secondary N) is 1. The van der Waals surface area contributed by atoms with Crippen LogP contribution in [0.4, 0.5) is 0 Å². The Balaban J connectivity index is -0.000000301. The molecule has 0 saturated carbocycles. The van der Waals surface area contributed by atoms with Gasteiger partial charge in [0.2, 0.25) is 5.91 Å². The molecule has 0 aliphatic carbocycles. The third-order valence-corrected chi connectivity index (χ3v) is 3.37. The lowest BCUT2D eigenvalue weighted by atomic mass is 10.4. The van der Waals surface area contributed by atoms with Gasteiger partial charge in [0.25, 0.3) is 6.47 Å². The Morgan fingerprint density at radius 2 is 1.86 bits per heavy atom. The maximum atomic E-state index is 11.3. The van der Waals surface area contributed by atoms with Crippen LogP contribution in [-0.4, -0.2) is 50.3 Å². The molecule has 1 N–H and O–H groups in total. The molecule has 0 bridgehead atoms. The monoisotopic (exact) mass is 336 g/mol. The van der Waals surface area contributed by atoms with E-state index in [4.69, 9.17) is 4.79 Å². The van der Waals surface area contributed by atoms with Crippen LogP contribution in [-0.2, 0) is 18.9 Å². The van der Waals surface area contributed by atoms with Crippen molar-refractivity contribution in [1.29, 1.82) is 0 Å². The summed E-state index contributed by atoms with van der Waals surface area (Å²) in [5.41, 5.74) is 0. The number of hydrogen-bond donors (Lipinski definition) is 1. The zero-order valence-corrected chi connectivity index (χ0v) is 15.8. The number of rotatable bonds is 5. The fourth-order valence-electron chi connectivity index (χ4n) is 1.40. The fraction of sp³-hybridized carbons (Fsp3) is 0.867. The van der Waals surface area contributed by atoms with Crippen LogP contribution in [0.25, 0.3) is 0 Å². The van der Waals surface area contributed by atoms with Gasteiger partial charge in [0.15, 0.2) is 8.46 Å². The number of amides is 1. The van der Waals surface area contributed by atoms with Crippen LogP contribution in [0.2, 0.25) is 0 Å². The third-order valence-electron chi connectivity index (χ3n) is 2.59. The number of hydrogen-bond acceptors (Lipinski definition) is 5. The number of carbonyl (C=O) groups excluding carboxylic acids is 2. The van der Waals surface area contributed by atoms with Gasteiger partial charge in [-0.1, -0.05) is 40.5 Å². The van der Waals surface area contributed by atoms with Crippen molar-refractivity contribution in [2.24, 2.45) is 0 Å². The van der Waals surface area contributed by atoms with Gasteiger partial charge < -0.3 is 15.0 Å². The van der Waals surface area contributed by atoms with Crippen LogP contribution < -0.4 is 5.32 Å². The summed E-state index contributed by atoms with van der Waals surface area (Å²) in [4.78, 5) is 22.0. The average molecular weight is 336 g/mol. The number of likely N-dealkylation sites (tertiary alicyclic amines) is 1. The van der Waals surface area contributed by atoms with Crippen LogP contribution in [0, 0.1) is 0 Å². The average Bonchev–Trinajstić information content (AvgIpc) is 3.06. The van der Waals surface area contributed by atoms with Crippen LogP contribution in [0.5, 0.6) is 0 Å². The molecular formula is C15H33N2O4P. The van der Waals surface area contributed by atoms with Crippen LogP contribution in [0.3, 0.4) is 0 Å². The third kappa shape index (κ3) is 15.4. The molecule has 6 nitrogen and oxygen atoms in total. The summed E-state index contributed by atoms with van der Waals surface area (Å²) < 4.78 is 14.5. The normalized spacial score (nSPS) is 15.4. The standard InChI is InChI=1S/C7H13N2O2P.C4H10.C2H4O2.C2H6/c1-8-5-6(10)9-4-2-3-7(9)12-11;1-3-4-2;1-4-2-3;1-2/h7-8H,2-5H2,1H3;3-4H2,1-2H3;2H,1H3;1-2H3/t7-;;;/m1.../s1. The molecule has 0 radical (unpaired) electrons. The lowest BCUT2D eigenvalue weighted by Crippen LogP contribution is -2.38. The van der Waals surface area contributed by atoms with E-state index in [1.54, 1.807) is 11.9 Å². The van der Waals surface area contributed by atoms with Crippen molar-refractivity contribution >= 4 is 20.8 Å². The summed E-state index contributed by atoms with van der Waals surface area (Å²) in [6, 6.07) is 0. The van der Waals surface area contributed by atoms with Crippen LogP contribution in [0.15, 0.2) is 0 Å². The number of likely N-dealkylation sites (N-methyl/N-ethyl adjacent to an activating group) is 1. The molecule has 7 heteroatoms. The van der Waals surface area contributed by atoms with Crippen molar-refractivity contribution < 1.29 is 18.9 Å². The molecule has 1 heterocycles. The van der Waals surface area contributed by atoms with Crippen molar-refractivity contribution in [3.8, 4) is 0 Å². The highest BCUT2D eigenvalue weighted by Gasteiger charge is 2.28. The Morgan fingerprint density at radius 3 is 2.18 bits per heavy atom. The largest absolute Gasteiger partial charge is 0.471 e. The maximum absolute atomic E-state index is 11.3. The first-order valence-corrected chi connectivity index (χ1v) is 8.73. The SMILES string of the molecule is CC.CCCC.CNCC(=O)N1CCC[C@H]1P=O.COC=O. The lowest BCUT2D eigenvalue weighted by Gasteiger charge is -2.18. The fourth-order valence-corrected chi connectivity index (χ4v) is 2.05. The van der Waals surface area contributed by atoms with Gasteiger partial charge in [-0.15, -0.1) is 0 Å². The molecule has 1 amide bonds. The quantitative estimate of drug-likeness (QED) is 0.617. The maximum Gasteiger partial charge on any atom is 0.292 e. The van der Waals surface area contributed by atoms with E-state index in [0.29, 0.717) is 13.0 Å². The van der Waals surface area contributed by atoms with E-state index < -0.39 is 0 Å². The second kappa shape index (κ2) is 22.3. The number of nitrogens with zero attached hydrogens (tertiary/aromatic N) is 1. The summed E-state index contributed by atoms with van der Waals surface area (Å²) in [7, 11) is 3.12. The van der Waals surface area contributed by atoms with E-state index in [9.17, 15) is 9.36 Å². The molecular weight excluding hydrogens is 303 g/mol. The van der Waals surface area contributed by atoms with E-state index in [1.807, 2.05) is 13.8 Å². The second-order valence-electron chi connectivity index (χ2n) is 4.18. The predicted molar refractivity (Wildman–Crippen MR) is 91.3 cm³/mol. The van der Waals surface area contributed by atoms with Crippen molar-refractivity contribution in [2.45, 2.75) is 59.2 Å². The van der Waals surface area contributed by atoms with Crippen molar-refractivity contribution in [1.82, 2.24) is 10.2 Å². The van der Waals surface area contributed by atoms with Gasteiger partial charge in [-0.25, -0.2) is 0 Å². The highest BCUT2D eigenvalue weighted by atomic mass is 31.1. The van der Waals surface area contributed by atoms with Gasteiger partial charge in [0.05, 0.1) is 13.7 Å². The van der Waals surface area contributed by atoms with Gasteiger partial charge in [-0.2, -0.15) is 0 Å². The van der Waals surface area contributed by atoms with E-state index in [2.05, 4.69) is 23.9 Å². The molecule has 0 aromatic carbocycles. The summed E-state index contributed by atoms with van der Waals surface area (Å²) >= 11 is 0. The molecule has 1 aliphatic rings. The number of methoxy groups -OCH3 is 1. The molecule has 0 aromatic heterocycles. The minimum absolute atomic E-state index is 0.0448. The van der Waals surface area contributed by atoms with E-state index in [1.165, 1.54) is 20.0 Å². The number of ether oxygens (including phenoxy) is 1.